The van der Waals surface area contributed by atoms with Crippen molar-refractivity contribution in [3.63, 3.8) is 0 Å². The van der Waals surface area contributed by atoms with Crippen molar-refractivity contribution in [2.45, 2.75) is 32.2 Å². The predicted octanol–water partition coefficient (Wildman–Crippen LogP) is 2.29. The van der Waals surface area contributed by atoms with Gasteiger partial charge in [0, 0.05) is 4.88 Å². The average molecular weight is 415 g/mol. The molecule has 0 bridgehead atoms. The molecule has 0 unspecified atom stereocenters. The second-order valence-corrected chi connectivity index (χ2v) is 7.72. The Kier molecular flexibility index (Phi) is 4.97. The van der Waals surface area contributed by atoms with Crippen LogP contribution in [0.15, 0.2) is 23.0 Å². The van der Waals surface area contributed by atoms with Gasteiger partial charge in [-0.3, -0.25) is 19.7 Å². The number of benzene rings is 1. The zero-order valence-electron chi connectivity index (χ0n) is 15.5. The van der Waals surface area contributed by atoms with Gasteiger partial charge < -0.3 is 10.1 Å². The predicted molar refractivity (Wildman–Crippen MR) is 107 cm³/mol. The molecule has 4 rings (SSSR count). The summed E-state index contributed by atoms with van der Waals surface area (Å²) in [6.45, 7) is -0.393. The summed E-state index contributed by atoms with van der Waals surface area (Å²) in [4.78, 5) is 37.7. The van der Waals surface area contributed by atoms with E-state index in [4.69, 9.17) is 4.74 Å². The normalized spacial score (nSPS) is 13.1. The fourth-order valence-electron chi connectivity index (χ4n) is 3.43. The van der Waals surface area contributed by atoms with E-state index in [0.29, 0.717) is 16.0 Å². The maximum absolute atomic E-state index is 12.9. The molecule has 0 aliphatic heterocycles. The molecule has 3 aromatic rings. The Labute approximate surface area is 168 Å². The van der Waals surface area contributed by atoms with E-state index in [1.165, 1.54) is 36.6 Å². The second-order valence-electron chi connectivity index (χ2n) is 6.63. The molecule has 0 saturated heterocycles. The summed E-state index contributed by atoms with van der Waals surface area (Å²) in [6.07, 6.45) is 3.85. The third-order valence-electron chi connectivity index (χ3n) is 4.81. The highest BCUT2D eigenvalue weighted by Crippen LogP contribution is 2.33. The quantitative estimate of drug-likeness (QED) is 0.500. The summed E-state index contributed by atoms with van der Waals surface area (Å²) in [5, 5.41) is 22.2. The second kappa shape index (κ2) is 7.59. The molecule has 0 radical (unpaired) electrons. The van der Waals surface area contributed by atoms with E-state index >= 15 is 0 Å². The van der Waals surface area contributed by atoms with Crippen molar-refractivity contribution in [3.8, 4) is 5.75 Å². The van der Waals surface area contributed by atoms with Crippen molar-refractivity contribution in [2.75, 3.05) is 12.4 Å². The number of aryl methyl sites for hydroxylation is 2. The van der Waals surface area contributed by atoms with Crippen LogP contribution in [0.4, 0.5) is 11.4 Å². The van der Waals surface area contributed by atoms with E-state index in [1.807, 2.05) is 0 Å². The third-order valence-corrected chi connectivity index (χ3v) is 5.99. The number of nitro benzene ring substituents is 1. The number of fused-ring (bicyclic) bond motifs is 3. The maximum atomic E-state index is 12.9. The Morgan fingerprint density at radius 3 is 2.93 bits per heavy atom. The van der Waals surface area contributed by atoms with Gasteiger partial charge in [-0.2, -0.15) is 0 Å². The van der Waals surface area contributed by atoms with Gasteiger partial charge in [-0.1, -0.05) is 5.21 Å². The summed E-state index contributed by atoms with van der Waals surface area (Å²) in [5.74, 6) is -0.317. The number of hydrogen-bond donors (Lipinski definition) is 1. The third kappa shape index (κ3) is 3.56. The van der Waals surface area contributed by atoms with E-state index in [-0.39, 0.29) is 16.9 Å². The number of ether oxygens (including phenoxy) is 1. The fraction of sp³-hybridized carbons (Fsp3) is 0.333. The van der Waals surface area contributed by atoms with Gasteiger partial charge in [0.1, 0.15) is 18.0 Å². The summed E-state index contributed by atoms with van der Waals surface area (Å²) in [6, 6.07) is 4.09. The Bertz CT molecular complexity index is 1190. The van der Waals surface area contributed by atoms with Crippen molar-refractivity contribution in [2.24, 2.45) is 0 Å². The number of rotatable bonds is 5. The van der Waals surface area contributed by atoms with E-state index in [9.17, 15) is 19.7 Å². The molecular formula is C18H17N5O5S. The zero-order chi connectivity index (χ0) is 20.5. The fourth-order valence-corrected chi connectivity index (χ4v) is 4.63. The van der Waals surface area contributed by atoms with E-state index < -0.39 is 17.4 Å². The van der Waals surface area contributed by atoms with Crippen LogP contribution in [0.2, 0.25) is 0 Å². The summed E-state index contributed by atoms with van der Waals surface area (Å²) < 4.78 is 5.97. The standard InChI is InChI=1S/C18H17N5O5S/c1-28-10-6-7-12(13(8-10)23(26)27)19-15(24)9-22-18(25)16-11-4-2-3-5-14(11)29-17(16)20-21-22/h6-8H,2-5,9H2,1H3,(H,19,24). The first-order valence-electron chi connectivity index (χ1n) is 8.98. The number of thiophene rings is 1. The SMILES string of the molecule is COc1ccc(NC(=O)Cn2nnc3sc4c(c3c2=O)CCCC4)c([N+](=O)[O-])c1. The van der Waals surface area contributed by atoms with Crippen LogP contribution in [0.5, 0.6) is 5.75 Å². The Morgan fingerprint density at radius 1 is 1.38 bits per heavy atom. The molecule has 1 amide bonds. The minimum atomic E-state index is -0.617. The molecule has 2 heterocycles. The van der Waals surface area contributed by atoms with Crippen molar-refractivity contribution in [1.29, 1.82) is 0 Å². The van der Waals surface area contributed by atoms with Crippen LogP contribution in [-0.4, -0.2) is 32.9 Å². The smallest absolute Gasteiger partial charge is 0.296 e. The molecular weight excluding hydrogens is 398 g/mol. The van der Waals surface area contributed by atoms with Crippen LogP contribution in [0.3, 0.4) is 0 Å². The topological polar surface area (TPSA) is 129 Å². The van der Waals surface area contributed by atoms with Gasteiger partial charge in [-0.05, 0) is 43.4 Å². The van der Waals surface area contributed by atoms with Gasteiger partial charge in [-0.25, -0.2) is 4.68 Å². The van der Waals surface area contributed by atoms with E-state index in [0.717, 1.165) is 40.8 Å². The van der Waals surface area contributed by atoms with Crippen LogP contribution in [0.1, 0.15) is 23.3 Å². The summed E-state index contributed by atoms with van der Waals surface area (Å²) in [7, 11) is 1.39. The molecule has 10 nitrogen and oxygen atoms in total. The van der Waals surface area contributed by atoms with Gasteiger partial charge >= 0.3 is 0 Å². The number of nitrogens with one attached hydrogen (secondary N) is 1. The number of methoxy groups -OCH3 is 1. The molecule has 29 heavy (non-hydrogen) atoms. The monoisotopic (exact) mass is 415 g/mol. The number of amides is 1. The number of aromatic nitrogens is 3. The molecule has 1 N–H and O–H groups in total. The lowest BCUT2D eigenvalue weighted by Crippen LogP contribution is -2.30. The summed E-state index contributed by atoms with van der Waals surface area (Å²) in [5.41, 5.74) is 0.346. The lowest BCUT2D eigenvalue weighted by Gasteiger charge is -2.10. The average Bonchev–Trinajstić information content (AvgIpc) is 3.09. The number of carbonyl (C=O) groups excluding carboxylic acids is 1. The van der Waals surface area contributed by atoms with E-state index in [1.54, 1.807) is 0 Å². The molecule has 1 aliphatic carbocycles. The van der Waals surface area contributed by atoms with Gasteiger partial charge in [0.15, 0.2) is 4.83 Å². The molecule has 0 spiro atoms. The highest BCUT2D eigenvalue weighted by Gasteiger charge is 2.22. The molecule has 11 heteroatoms. The molecule has 0 saturated carbocycles. The van der Waals surface area contributed by atoms with Crippen LogP contribution < -0.4 is 15.6 Å². The number of nitrogens with zero attached hydrogens (tertiary/aromatic N) is 4. The van der Waals surface area contributed by atoms with Crippen molar-refractivity contribution in [1.82, 2.24) is 15.0 Å². The highest BCUT2D eigenvalue weighted by atomic mass is 32.1. The Hall–Kier alpha value is -3.34. The highest BCUT2D eigenvalue weighted by molar-refractivity contribution is 7.18. The largest absolute Gasteiger partial charge is 0.496 e. The van der Waals surface area contributed by atoms with Gasteiger partial charge in [0.25, 0.3) is 11.2 Å². The molecule has 0 fully saturated rings. The lowest BCUT2D eigenvalue weighted by molar-refractivity contribution is -0.384. The van der Waals surface area contributed by atoms with Gasteiger partial charge in [-0.15, -0.1) is 16.4 Å². The van der Waals surface area contributed by atoms with Crippen LogP contribution in [0.25, 0.3) is 10.2 Å². The maximum Gasteiger partial charge on any atom is 0.296 e. The minimum absolute atomic E-state index is 0.01000. The Balaban J connectivity index is 1.61. The van der Waals surface area contributed by atoms with Crippen LogP contribution in [0, 0.1) is 10.1 Å². The molecule has 150 valence electrons. The van der Waals surface area contributed by atoms with Crippen LogP contribution >= 0.6 is 11.3 Å². The number of hydrogen-bond acceptors (Lipinski definition) is 8. The first-order chi connectivity index (χ1) is 14.0. The summed E-state index contributed by atoms with van der Waals surface area (Å²) >= 11 is 1.48. The zero-order valence-corrected chi connectivity index (χ0v) is 16.3. The van der Waals surface area contributed by atoms with Gasteiger partial charge in [0.2, 0.25) is 5.91 Å². The minimum Gasteiger partial charge on any atom is -0.496 e. The first kappa shape index (κ1) is 19.0. The lowest BCUT2D eigenvalue weighted by atomic mass is 9.97. The molecule has 0 atom stereocenters. The number of carbonyl (C=O) groups is 1. The van der Waals surface area contributed by atoms with E-state index in [2.05, 4.69) is 15.6 Å². The Morgan fingerprint density at radius 2 is 2.17 bits per heavy atom. The number of anilines is 1. The number of nitro groups is 1. The van der Waals surface area contributed by atoms with Gasteiger partial charge in [0.05, 0.1) is 23.5 Å². The molecule has 2 aromatic heterocycles. The first-order valence-corrected chi connectivity index (χ1v) is 9.80. The van der Waals surface area contributed by atoms with Crippen molar-refractivity contribution < 1.29 is 14.5 Å². The molecule has 1 aliphatic rings. The molecule has 1 aromatic carbocycles. The van der Waals surface area contributed by atoms with Crippen LogP contribution in [-0.2, 0) is 24.2 Å². The van der Waals surface area contributed by atoms with Crippen molar-refractivity contribution in [3.05, 3.63) is 49.1 Å². The van der Waals surface area contributed by atoms with Crippen molar-refractivity contribution >= 4 is 38.8 Å².